The van der Waals surface area contributed by atoms with Gasteiger partial charge in [-0.05, 0) is 18.7 Å². The van der Waals surface area contributed by atoms with Gasteiger partial charge in [0.05, 0.1) is 0 Å². The molecule has 19 heavy (non-hydrogen) atoms. The first-order valence-corrected chi connectivity index (χ1v) is 7.12. The number of hydrogen-bond acceptors (Lipinski definition) is 3. The predicted molar refractivity (Wildman–Crippen MR) is 77.7 cm³/mol. The molecule has 0 aliphatic carbocycles. The lowest BCUT2D eigenvalue weighted by molar-refractivity contribution is 0.394. The minimum absolute atomic E-state index is 0.240. The molecule has 1 atom stereocenters. The van der Waals surface area contributed by atoms with Crippen molar-refractivity contribution < 1.29 is 0 Å². The number of nitrogens with one attached hydrogen (secondary N) is 1. The first-order valence-electron chi connectivity index (χ1n) is 7.12. The molecule has 1 unspecified atom stereocenters. The number of dihydropyridines is 1. The first-order chi connectivity index (χ1) is 9.09. The van der Waals surface area contributed by atoms with Gasteiger partial charge in [0.1, 0.15) is 11.4 Å². The Morgan fingerprint density at radius 3 is 2.68 bits per heavy atom. The number of allylic oxidation sites excluding steroid dienone is 2. The summed E-state index contributed by atoms with van der Waals surface area (Å²) >= 11 is 0. The average molecular weight is 260 g/mol. The standard InChI is InChI=1S/C15H24N4/c1-5-6-9-15(10-7-8-11-16-15)14-17-13(12(2)3)19(4)18-14/h7-8,10-12,16H,5-6,9H2,1-4H3. The van der Waals surface area contributed by atoms with Gasteiger partial charge in [-0.2, -0.15) is 5.10 Å². The Morgan fingerprint density at radius 2 is 2.16 bits per heavy atom. The van der Waals surface area contributed by atoms with Crippen LogP contribution in [0.5, 0.6) is 0 Å². The normalized spacial score (nSPS) is 21.9. The van der Waals surface area contributed by atoms with Crippen molar-refractivity contribution in [3.63, 3.8) is 0 Å². The second-order valence-electron chi connectivity index (χ2n) is 5.51. The minimum Gasteiger partial charge on any atom is -0.375 e. The Morgan fingerprint density at radius 1 is 1.37 bits per heavy atom. The monoisotopic (exact) mass is 260 g/mol. The van der Waals surface area contributed by atoms with Crippen LogP contribution < -0.4 is 5.32 Å². The lowest BCUT2D eigenvalue weighted by Gasteiger charge is -2.30. The van der Waals surface area contributed by atoms with Crippen molar-refractivity contribution in [2.24, 2.45) is 7.05 Å². The van der Waals surface area contributed by atoms with Crippen LogP contribution >= 0.6 is 0 Å². The maximum Gasteiger partial charge on any atom is 0.180 e. The summed E-state index contributed by atoms with van der Waals surface area (Å²) < 4.78 is 1.90. The van der Waals surface area contributed by atoms with Gasteiger partial charge >= 0.3 is 0 Å². The second-order valence-corrected chi connectivity index (χ2v) is 5.51. The molecule has 0 saturated carbocycles. The van der Waals surface area contributed by atoms with Gasteiger partial charge in [-0.15, -0.1) is 0 Å². The Hall–Kier alpha value is -1.58. The summed E-state index contributed by atoms with van der Waals surface area (Å²) in [4.78, 5) is 4.76. The van der Waals surface area contributed by atoms with E-state index in [2.05, 4.69) is 43.3 Å². The largest absolute Gasteiger partial charge is 0.375 e. The second kappa shape index (κ2) is 5.59. The van der Waals surface area contributed by atoms with Crippen LogP contribution in [0.25, 0.3) is 0 Å². The Kier molecular flexibility index (Phi) is 4.08. The fourth-order valence-electron chi connectivity index (χ4n) is 2.47. The van der Waals surface area contributed by atoms with Gasteiger partial charge in [-0.3, -0.25) is 4.68 Å². The van der Waals surface area contributed by atoms with E-state index in [4.69, 9.17) is 4.98 Å². The number of aromatic nitrogens is 3. The van der Waals surface area contributed by atoms with Crippen LogP contribution in [0.1, 0.15) is 57.6 Å². The van der Waals surface area contributed by atoms with Crippen molar-refractivity contribution >= 4 is 0 Å². The van der Waals surface area contributed by atoms with E-state index < -0.39 is 0 Å². The molecule has 0 fully saturated rings. The summed E-state index contributed by atoms with van der Waals surface area (Å²) in [5.41, 5.74) is -0.240. The molecule has 4 nitrogen and oxygen atoms in total. The summed E-state index contributed by atoms with van der Waals surface area (Å²) in [6, 6.07) is 0. The molecule has 0 aromatic carbocycles. The van der Waals surface area contributed by atoms with Gasteiger partial charge in [0.2, 0.25) is 0 Å². The highest BCUT2D eigenvalue weighted by Crippen LogP contribution is 2.29. The van der Waals surface area contributed by atoms with Gasteiger partial charge in [0.15, 0.2) is 5.82 Å². The smallest absolute Gasteiger partial charge is 0.180 e. The van der Waals surface area contributed by atoms with E-state index in [0.717, 1.165) is 24.5 Å². The van der Waals surface area contributed by atoms with Gasteiger partial charge in [-0.1, -0.05) is 45.8 Å². The zero-order valence-corrected chi connectivity index (χ0v) is 12.3. The maximum absolute atomic E-state index is 4.76. The number of hydrogen-bond donors (Lipinski definition) is 1. The van der Waals surface area contributed by atoms with Crippen molar-refractivity contribution in [3.05, 3.63) is 36.1 Å². The van der Waals surface area contributed by atoms with E-state index in [9.17, 15) is 0 Å². The molecule has 1 aliphatic heterocycles. The Bertz CT molecular complexity index is 484. The minimum atomic E-state index is -0.240. The van der Waals surface area contributed by atoms with Crippen LogP contribution in [0.2, 0.25) is 0 Å². The van der Waals surface area contributed by atoms with Crippen molar-refractivity contribution in [1.29, 1.82) is 0 Å². The highest BCUT2D eigenvalue weighted by molar-refractivity contribution is 5.26. The van der Waals surface area contributed by atoms with Crippen molar-refractivity contribution in [2.75, 3.05) is 0 Å². The molecule has 104 valence electrons. The summed E-state index contributed by atoms with van der Waals surface area (Å²) in [7, 11) is 1.97. The Labute approximate surface area is 115 Å². The first kappa shape index (κ1) is 13.8. The van der Waals surface area contributed by atoms with Crippen LogP contribution in [0, 0.1) is 0 Å². The van der Waals surface area contributed by atoms with Gasteiger partial charge in [0.25, 0.3) is 0 Å². The number of rotatable bonds is 5. The molecular weight excluding hydrogens is 236 g/mol. The molecule has 0 saturated heterocycles. The van der Waals surface area contributed by atoms with E-state index >= 15 is 0 Å². The third-order valence-electron chi connectivity index (χ3n) is 3.57. The predicted octanol–water partition coefficient (Wildman–Crippen LogP) is 3.00. The zero-order valence-electron chi connectivity index (χ0n) is 12.3. The summed E-state index contributed by atoms with van der Waals surface area (Å²) in [5, 5.41) is 8.10. The fraction of sp³-hybridized carbons (Fsp3) is 0.600. The summed E-state index contributed by atoms with van der Waals surface area (Å²) in [6.07, 6.45) is 11.6. The lowest BCUT2D eigenvalue weighted by atomic mass is 9.90. The van der Waals surface area contributed by atoms with E-state index in [1.54, 1.807) is 0 Å². The quantitative estimate of drug-likeness (QED) is 0.885. The topological polar surface area (TPSA) is 42.7 Å². The molecule has 1 N–H and O–H groups in total. The molecule has 0 spiro atoms. The summed E-state index contributed by atoms with van der Waals surface area (Å²) in [5.74, 6) is 2.31. The van der Waals surface area contributed by atoms with Crippen molar-refractivity contribution in [1.82, 2.24) is 20.1 Å². The third kappa shape index (κ3) is 2.72. The molecular formula is C15H24N4. The molecule has 2 heterocycles. The van der Waals surface area contributed by atoms with Crippen LogP contribution in [0.15, 0.2) is 24.4 Å². The highest BCUT2D eigenvalue weighted by atomic mass is 15.3. The van der Waals surface area contributed by atoms with Gasteiger partial charge < -0.3 is 5.32 Å². The molecule has 0 amide bonds. The van der Waals surface area contributed by atoms with Crippen molar-refractivity contribution in [2.45, 2.75) is 51.5 Å². The molecule has 1 aliphatic rings. The van der Waals surface area contributed by atoms with Crippen molar-refractivity contribution in [3.8, 4) is 0 Å². The van der Waals surface area contributed by atoms with Gasteiger partial charge in [0, 0.05) is 13.0 Å². The Balaban J connectivity index is 2.36. The fourth-order valence-corrected chi connectivity index (χ4v) is 2.47. The van der Waals surface area contributed by atoms with E-state index in [1.807, 2.05) is 24.0 Å². The molecule has 2 rings (SSSR count). The molecule has 1 aromatic rings. The molecule has 4 heteroatoms. The molecule has 0 radical (unpaired) electrons. The zero-order chi connectivity index (χ0) is 13.9. The average Bonchev–Trinajstić information content (AvgIpc) is 2.80. The van der Waals surface area contributed by atoms with Crippen LogP contribution in [-0.2, 0) is 12.6 Å². The highest BCUT2D eigenvalue weighted by Gasteiger charge is 2.33. The molecule has 0 bridgehead atoms. The van der Waals surface area contributed by atoms with E-state index in [0.29, 0.717) is 5.92 Å². The van der Waals surface area contributed by atoms with Crippen LogP contribution in [0.4, 0.5) is 0 Å². The van der Waals surface area contributed by atoms with E-state index in [-0.39, 0.29) is 5.54 Å². The van der Waals surface area contributed by atoms with E-state index in [1.165, 1.54) is 6.42 Å². The van der Waals surface area contributed by atoms with Crippen LogP contribution in [0.3, 0.4) is 0 Å². The van der Waals surface area contributed by atoms with Crippen LogP contribution in [-0.4, -0.2) is 14.8 Å². The third-order valence-corrected chi connectivity index (χ3v) is 3.57. The SMILES string of the molecule is CCCCC1(c2nc(C(C)C)n(C)n2)C=CC=CN1. The number of unbranched alkanes of at least 4 members (excludes halogenated alkanes) is 1. The number of aryl methyl sites for hydroxylation is 1. The molecule has 1 aromatic heterocycles. The summed E-state index contributed by atoms with van der Waals surface area (Å²) in [6.45, 7) is 6.51. The number of nitrogens with zero attached hydrogens (tertiary/aromatic N) is 3. The van der Waals surface area contributed by atoms with Gasteiger partial charge in [-0.25, -0.2) is 4.98 Å². The maximum atomic E-state index is 4.76. The lowest BCUT2D eigenvalue weighted by Crippen LogP contribution is -2.39.